The van der Waals surface area contributed by atoms with Crippen LogP contribution in [-0.4, -0.2) is 93.8 Å². The maximum Gasteiger partial charge on any atom is 0.326 e. The highest BCUT2D eigenvalue weighted by Gasteiger charge is 2.27. The van der Waals surface area contributed by atoms with Crippen LogP contribution < -0.4 is 26.0 Å². The number of carboxylic acids is 1. The van der Waals surface area contributed by atoms with Crippen molar-refractivity contribution in [3.8, 4) is 5.75 Å². The van der Waals surface area contributed by atoms with E-state index in [-0.39, 0.29) is 24.3 Å². The number of carboxylic acid groups (broad SMARTS) is 1. The van der Waals surface area contributed by atoms with E-state index in [1.807, 2.05) is 12.3 Å². The summed E-state index contributed by atoms with van der Waals surface area (Å²) in [6, 6.07) is 12.9. The van der Waals surface area contributed by atoms with E-state index in [9.17, 15) is 34.2 Å². The molecule has 13 nitrogen and oxygen atoms in total. The number of nitrogens with one attached hydrogen (secondary N) is 5. The SMILES string of the molecule is CSCCC(NC(=O)[C@H](Cc1ccccc1)NC(=O)CNC(=O)CNC(=O)C(CS)NSCc1ccc(O)c2ncccc12)C(=O)O. The van der Waals surface area contributed by atoms with Crippen molar-refractivity contribution in [1.82, 2.24) is 31.0 Å². The topological polar surface area (TPSA) is 199 Å². The molecule has 47 heavy (non-hydrogen) atoms. The third-order valence-corrected chi connectivity index (χ3v) is 8.74. The van der Waals surface area contributed by atoms with Crippen LogP contribution in [0.2, 0.25) is 0 Å². The minimum absolute atomic E-state index is 0.0779. The zero-order valence-electron chi connectivity index (χ0n) is 25.6. The average Bonchev–Trinajstić information content (AvgIpc) is 3.07. The Bertz CT molecular complexity index is 1530. The van der Waals surface area contributed by atoms with Gasteiger partial charge in [-0.05, 0) is 41.7 Å². The number of benzene rings is 2. The summed E-state index contributed by atoms with van der Waals surface area (Å²) in [6.45, 7) is -0.873. The number of rotatable bonds is 19. The average molecular weight is 703 g/mol. The summed E-state index contributed by atoms with van der Waals surface area (Å²) >= 11 is 6.95. The van der Waals surface area contributed by atoms with Gasteiger partial charge in [0.15, 0.2) is 0 Å². The van der Waals surface area contributed by atoms with E-state index < -0.39 is 60.8 Å². The first-order chi connectivity index (χ1) is 22.6. The molecule has 0 spiro atoms. The van der Waals surface area contributed by atoms with E-state index in [0.717, 1.165) is 16.5 Å². The number of fused-ring (bicyclic) bond motifs is 1. The number of carbonyl (C=O) groups is 5. The Hall–Kier alpha value is -3.99. The van der Waals surface area contributed by atoms with Crippen molar-refractivity contribution in [3.05, 3.63) is 71.9 Å². The lowest BCUT2D eigenvalue weighted by atomic mass is 10.0. The largest absolute Gasteiger partial charge is 0.506 e. The fourth-order valence-corrected chi connectivity index (χ4v) is 6.07. The van der Waals surface area contributed by atoms with Gasteiger partial charge in [0.2, 0.25) is 23.6 Å². The number of aromatic nitrogens is 1. The number of thiol groups is 1. The van der Waals surface area contributed by atoms with Gasteiger partial charge in [0.1, 0.15) is 29.4 Å². The molecule has 2 unspecified atom stereocenters. The Kier molecular flexibility index (Phi) is 15.6. The molecule has 1 aromatic heterocycles. The van der Waals surface area contributed by atoms with Crippen molar-refractivity contribution in [2.75, 3.05) is 30.9 Å². The molecule has 7 N–H and O–H groups in total. The van der Waals surface area contributed by atoms with Gasteiger partial charge in [-0.3, -0.25) is 28.9 Å². The van der Waals surface area contributed by atoms with Crippen molar-refractivity contribution in [3.63, 3.8) is 0 Å². The van der Waals surface area contributed by atoms with E-state index in [0.29, 0.717) is 17.0 Å². The van der Waals surface area contributed by atoms with Crippen molar-refractivity contribution in [1.29, 1.82) is 0 Å². The fourth-order valence-electron chi connectivity index (χ4n) is 4.34. The summed E-state index contributed by atoms with van der Waals surface area (Å²) in [6.07, 6.45) is 3.74. The molecule has 1 heterocycles. The van der Waals surface area contributed by atoms with Gasteiger partial charge in [0.05, 0.1) is 13.1 Å². The lowest BCUT2D eigenvalue weighted by Gasteiger charge is -2.22. The number of thioether (sulfide) groups is 1. The summed E-state index contributed by atoms with van der Waals surface area (Å²) in [5.41, 5.74) is 2.13. The number of hydrogen-bond acceptors (Lipinski definition) is 11. The molecule has 252 valence electrons. The van der Waals surface area contributed by atoms with E-state index in [2.05, 4.69) is 43.6 Å². The second kappa shape index (κ2) is 19.6. The molecule has 0 bridgehead atoms. The Balaban J connectivity index is 1.47. The molecule has 16 heteroatoms. The number of hydrogen-bond donors (Lipinski definition) is 8. The molecule has 0 radical (unpaired) electrons. The molecular weight excluding hydrogens is 665 g/mol. The first kappa shape index (κ1) is 37.5. The van der Waals surface area contributed by atoms with Crippen molar-refractivity contribution < 1.29 is 34.2 Å². The van der Waals surface area contributed by atoms with Gasteiger partial charge in [-0.1, -0.05) is 54.4 Å². The molecule has 3 aromatic rings. The molecule has 0 saturated carbocycles. The van der Waals surface area contributed by atoms with E-state index in [4.69, 9.17) is 0 Å². The van der Waals surface area contributed by atoms with Crippen LogP contribution in [0, 0.1) is 0 Å². The lowest BCUT2D eigenvalue weighted by molar-refractivity contribution is -0.142. The number of phenols is 1. The number of pyridine rings is 1. The summed E-state index contributed by atoms with van der Waals surface area (Å²) in [7, 11) is 0. The van der Waals surface area contributed by atoms with E-state index in [1.54, 1.807) is 54.7 Å². The summed E-state index contributed by atoms with van der Waals surface area (Å²) < 4.78 is 3.03. The number of aromatic hydroxyl groups is 1. The van der Waals surface area contributed by atoms with Crippen LogP contribution in [0.15, 0.2) is 60.8 Å². The predicted octanol–water partition coefficient (Wildman–Crippen LogP) is 1.26. The first-order valence-electron chi connectivity index (χ1n) is 14.6. The fraction of sp³-hybridized carbons (Fsp3) is 0.355. The van der Waals surface area contributed by atoms with Crippen molar-refractivity contribution >= 4 is 76.8 Å². The monoisotopic (exact) mass is 702 g/mol. The quantitative estimate of drug-likeness (QED) is 0.0661. The second-order valence-electron chi connectivity index (χ2n) is 10.3. The van der Waals surface area contributed by atoms with Gasteiger partial charge in [-0.25, -0.2) is 4.79 Å². The highest BCUT2D eigenvalue weighted by Crippen LogP contribution is 2.27. The Morgan fingerprint density at radius 1 is 0.872 bits per heavy atom. The molecule has 0 saturated heterocycles. The van der Waals surface area contributed by atoms with Gasteiger partial charge in [-0.15, -0.1) is 0 Å². The van der Waals surface area contributed by atoms with Gasteiger partial charge in [0, 0.05) is 29.5 Å². The Labute approximate surface area is 286 Å². The number of nitrogens with zero attached hydrogens (tertiary/aromatic N) is 1. The van der Waals surface area contributed by atoms with Gasteiger partial charge >= 0.3 is 5.97 Å². The number of aliphatic carboxylic acids is 1. The van der Waals surface area contributed by atoms with Crippen molar-refractivity contribution in [2.24, 2.45) is 0 Å². The number of amides is 4. The summed E-state index contributed by atoms with van der Waals surface area (Å²) in [5.74, 6) is -2.40. The number of carbonyl (C=O) groups excluding carboxylic acids is 4. The zero-order chi connectivity index (χ0) is 34.2. The Morgan fingerprint density at radius 2 is 1.62 bits per heavy atom. The van der Waals surface area contributed by atoms with Crippen LogP contribution in [0.1, 0.15) is 17.5 Å². The van der Waals surface area contributed by atoms with Crippen LogP contribution in [0.5, 0.6) is 5.75 Å². The Morgan fingerprint density at radius 3 is 2.32 bits per heavy atom. The maximum atomic E-state index is 13.0. The van der Waals surface area contributed by atoms with Crippen LogP contribution in [0.25, 0.3) is 10.9 Å². The molecule has 0 aliphatic rings. The minimum atomic E-state index is -1.18. The molecular formula is C31H38N6O7S3. The molecule has 4 amide bonds. The van der Waals surface area contributed by atoms with E-state index >= 15 is 0 Å². The zero-order valence-corrected chi connectivity index (χ0v) is 28.1. The highest BCUT2D eigenvalue weighted by atomic mass is 32.2. The smallest absolute Gasteiger partial charge is 0.326 e. The minimum Gasteiger partial charge on any atom is -0.506 e. The van der Waals surface area contributed by atoms with Crippen LogP contribution in [0.3, 0.4) is 0 Å². The summed E-state index contributed by atoms with van der Waals surface area (Å²) in [5, 5.41) is 30.3. The van der Waals surface area contributed by atoms with Gasteiger partial charge in [-0.2, -0.15) is 24.4 Å². The first-order valence-corrected chi connectivity index (χ1v) is 17.6. The maximum absolute atomic E-state index is 13.0. The highest BCUT2D eigenvalue weighted by molar-refractivity contribution is 7.98. The molecule has 3 atom stereocenters. The van der Waals surface area contributed by atoms with Crippen LogP contribution >= 0.6 is 36.3 Å². The number of phenolic OH excluding ortho intramolecular Hbond substituents is 1. The lowest BCUT2D eigenvalue weighted by Crippen LogP contribution is -2.54. The van der Waals surface area contributed by atoms with Gasteiger partial charge < -0.3 is 31.5 Å². The molecule has 0 aliphatic heterocycles. The normalized spacial score (nSPS) is 12.8. The van der Waals surface area contributed by atoms with Gasteiger partial charge in [0.25, 0.3) is 0 Å². The standard InChI is InChI=1S/C31H38N6O7S3/c1-46-13-11-22(31(43)44)36-30(42)23(14-19-6-3-2-4-7-19)35-27(40)16-33-26(39)15-34-29(41)24(17-45)37-47-18-20-9-10-25(38)28-21(20)8-5-12-32-28/h2-10,12,22-24,37-38,45H,11,13-18H2,1H3,(H,33,39)(H,34,41)(H,35,40)(H,36,42)(H,43,44)/t22?,23-,24?/m0/s1. The van der Waals surface area contributed by atoms with E-state index in [1.165, 1.54) is 23.7 Å². The van der Waals surface area contributed by atoms with Crippen LogP contribution in [0.4, 0.5) is 0 Å². The molecule has 0 fully saturated rings. The third-order valence-electron chi connectivity index (χ3n) is 6.82. The van der Waals surface area contributed by atoms with Crippen LogP contribution in [-0.2, 0) is 36.1 Å². The molecule has 3 rings (SSSR count). The summed E-state index contributed by atoms with van der Waals surface area (Å²) in [4.78, 5) is 66.7. The third kappa shape index (κ3) is 12.3. The molecule has 0 aliphatic carbocycles. The molecule has 2 aromatic carbocycles. The predicted molar refractivity (Wildman–Crippen MR) is 186 cm³/mol. The van der Waals surface area contributed by atoms with Crippen molar-refractivity contribution in [2.45, 2.75) is 36.7 Å². The second-order valence-corrected chi connectivity index (χ2v) is 12.4.